The number of amidine groups is 1. The fourth-order valence-corrected chi connectivity index (χ4v) is 2.45. The van der Waals surface area contributed by atoms with E-state index < -0.39 is 6.04 Å². The monoisotopic (exact) mass is 300 g/mol. The Bertz CT molecular complexity index is 709. The van der Waals surface area contributed by atoms with E-state index in [9.17, 15) is 4.79 Å². The molecule has 3 rings (SSSR count). The molecule has 0 aromatic heterocycles. The summed E-state index contributed by atoms with van der Waals surface area (Å²) in [6, 6.07) is 4.81. The predicted octanol–water partition coefficient (Wildman–Crippen LogP) is 1.12. The summed E-state index contributed by atoms with van der Waals surface area (Å²) in [7, 11) is 3.12. The average Bonchev–Trinajstić information content (AvgIpc) is 2.97. The number of hydrogen-bond donors (Lipinski definition) is 0. The van der Waals surface area contributed by atoms with Crippen molar-refractivity contribution >= 4 is 23.7 Å². The number of hydrogen-bond acceptors (Lipinski definition) is 6. The molecule has 0 spiro atoms. The van der Waals surface area contributed by atoms with Crippen molar-refractivity contribution in [3.8, 4) is 11.5 Å². The molecule has 0 fully saturated rings. The maximum Gasteiger partial charge on any atom is 0.278 e. The van der Waals surface area contributed by atoms with E-state index in [1.54, 1.807) is 43.6 Å². The summed E-state index contributed by atoms with van der Waals surface area (Å²) in [6.07, 6.45) is 1.61. The van der Waals surface area contributed by atoms with E-state index in [0.29, 0.717) is 35.2 Å². The number of hydrazone groups is 1. The molecule has 0 radical (unpaired) electrons. The maximum atomic E-state index is 12.3. The maximum absolute atomic E-state index is 12.3. The van der Waals surface area contributed by atoms with Crippen LogP contribution in [0.1, 0.15) is 12.5 Å². The zero-order valence-electron chi connectivity index (χ0n) is 12.6. The highest BCUT2D eigenvalue weighted by Crippen LogP contribution is 2.28. The van der Waals surface area contributed by atoms with E-state index >= 15 is 0 Å². The lowest BCUT2D eigenvalue weighted by Crippen LogP contribution is -2.41. The van der Waals surface area contributed by atoms with Crippen molar-refractivity contribution in [1.82, 2.24) is 5.01 Å². The fraction of sp³-hybridized carbons (Fsp3) is 0.333. The first-order valence-electron chi connectivity index (χ1n) is 6.92. The summed E-state index contributed by atoms with van der Waals surface area (Å²) >= 11 is 0. The van der Waals surface area contributed by atoms with Gasteiger partial charge < -0.3 is 9.47 Å². The Labute approximate surface area is 128 Å². The van der Waals surface area contributed by atoms with E-state index in [4.69, 9.17) is 9.47 Å². The Morgan fingerprint density at radius 1 is 1.18 bits per heavy atom. The SMILES string of the molecule is CCN1N=CC2=NC(c3ccc(OC)c(OC)c3)=NC(=O)C21. The van der Waals surface area contributed by atoms with Gasteiger partial charge in [0.2, 0.25) is 0 Å². The lowest BCUT2D eigenvalue weighted by Gasteiger charge is -2.22. The number of carbonyl (C=O) groups is 1. The number of aliphatic imine (C=N–C) groups is 2. The van der Waals surface area contributed by atoms with Crippen molar-refractivity contribution in [1.29, 1.82) is 0 Å². The van der Waals surface area contributed by atoms with Crippen molar-refractivity contribution in [3.05, 3.63) is 23.8 Å². The summed E-state index contributed by atoms with van der Waals surface area (Å²) < 4.78 is 10.5. The van der Waals surface area contributed by atoms with Crippen LogP contribution in [0.4, 0.5) is 0 Å². The first-order valence-corrected chi connectivity index (χ1v) is 6.92. The zero-order valence-corrected chi connectivity index (χ0v) is 12.6. The molecule has 0 saturated heterocycles. The highest BCUT2D eigenvalue weighted by Gasteiger charge is 2.36. The molecule has 7 nitrogen and oxygen atoms in total. The quantitative estimate of drug-likeness (QED) is 0.835. The van der Waals surface area contributed by atoms with Gasteiger partial charge in [0, 0.05) is 12.1 Å². The molecule has 2 aliphatic heterocycles. The Hall–Kier alpha value is -2.70. The minimum atomic E-state index is -0.492. The van der Waals surface area contributed by atoms with Crippen LogP contribution in [0, 0.1) is 0 Å². The van der Waals surface area contributed by atoms with Gasteiger partial charge in [0.25, 0.3) is 5.91 Å². The first kappa shape index (κ1) is 14.2. The summed E-state index contributed by atoms with van der Waals surface area (Å²) in [5.41, 5.74) is 1.31. The van der Waals surface area contributed by atoms with Gasteiger partial charge in [0.15, 0.2) is 23.4 Å². The second kappa shape index (κ2) is 5.59. The molecular formula is C15H16N4O3. The second-order valence-corrected chi connectivity index (χ2v) is 4.78. The summed E-state index contributed by atoms with van der Waals surface area (Å²) in [4.78, 5) is 20.8. The van der Waals surface area contributed by atoms with Crippen LogP contribution >= 0.6 is 0 Å². The topological polar surface area (TPSA) is 75.8 Å². The number of amides is 1. The number of ether oxygens (including phenoxy) is 2. The van der Waals surface area contributed by atoms with Gasteiger partial charge in [0.1, 0.15) is 0 Å². The lowest BCUT2D eigenvalue weighted by atomic mass is 10.1. The number of benzene rings is 1. The van der Waals surface area contributed by atoms with Crippen molar-refractivity contribution in [2.45, 2.75) is 13.0 Å². The third kappa shape index (κ3) is 2.24. The van der Waals surface area contributed by atoms with Gasteiger partial charge in [-0.25, -0.2) is 4.99 Å². The van der Waals surface area contributed by atoms with Crippen LogP contribution < -0.4 is 9.47 Å². The molecule has 22 heavy (non-hydrogen) atoms. The molecule has 0 aliphatic carbocycles. The average molecular weight is 300 g/mol. The predicted molar refractivity (Wildman–Crippen MR) is 83.2 cm³/mol. The zero-order chi connectivity index (χ0) is 15.7. The third-order valence-electron chi connectivity index (χ3n) is 3.57. The Morgan fingerprint density at radius 2 is 1.95 bits per heavy atom. The third-order valence-corrected chi connectivity index (χ3v) is 3.57. The number of rotatable bonds is 4. The molecule has 0 saturated carbocycles. The molecule has 1 atom stereocenters. The van der Waals surface area contributed by atoms with E-state index in [-0.39, 0.29) is 5.91 Å². The van der Waals surface area contributed by atoms with Gasteiger partial charge >= 0.3 is 0 Å². The van der Waals surface area contributed by atoms with Gasteiger partial charge in [-0.1, -0.05) is 0 Å². The van der Waals surface area contributed by atoms with E-state index in [1.165, 1.54) is 0 Å². The van der Waals surface area contributed by atoms with Crippen molar-refractivity contribution < 1.29 is 14.3 Å². The van der Waals surface area contributed by atoms with Crippen LogP contribution in [0.25, 0.3) is 0 Å². The van der Waals surface area contributed by atoms with Gasteiger partial charge in [-0.2, -0.15) is 10.1 Å². The Kier molecular flexibility index (Phi) is 3.62. The van der Waals surface area contributed by atoms with E-state index in [1.807, 2.05) is 6.92 Å². The summed E-state index contributed by atoms with van der Waals surface area (Å²) in [5.74, 6) is 1.28. The number of fused-ring (bicyclic) bond motifs is 1. The molecule has 2 aliphatic rings. The van der Waals surface area contributed by atoms with Gasteiger partial charge in [-0.05, 0) is 25.1 Å². The number of methoxy groups -OCH3 is 2. The highest BCUT2D eigenvalue weighted by molar-refractivity contribution is 6.43. The van der Waals surface area contributed by atoms with Crippen LogP contribution in [0.2, 0.25) is 0 Å². The Balaban J connectivity index is 1.97. The Morgan fingerprint density at radius 3 is 2.64 bits per heavy atom. The molecule has 2 heterocycles. The van der Waals surface area contributed by atoms with Crippen LogP contribution in [-0.4, -0.2) is 55.5 Å². The smallest absolute Gasteiger partial charge is 0.278 e. The van der Waals surface area contributed by atoms with Crippen molar-refractivity contribution in [3.63, 3.8) is 0 Å². The molecule has 1 aromatic carbocycles. The van der Waals surface area contributed by atoms with E-state index in [0.717, 1.165) is 0 Å². The minimum absolute atomic E-state index is 0.255. The fourth-order valence-electron chi connectivity index (χ4n) is 2.45. The number of carbonyl (C=O) groups excluding carboxylic acids is 1. The highest BCUT2D eigenvalue weighted by atomic mass is 16.5. The van der Waals surface area contributed by atoms with Gasteiger partial charge in [-0.15, -0.1) is 0 Å². The number of likely N-dealkylation sites (N-methyl/N-ethyl adjacent to an activating group) is 1. The molecule has 1 amide bonds. The van der Waals surface area contributed by atoms with Crippen LogP contribution in [0.5, 0.6) is 11.5 Å². The van der Waals surface area contributed by atoms with Crippen molar-refractivity contribution in [2.75, 3.05) is 20.8 Å². The minimum Gasteiger partial charge on any atom is -0.493 e. The van der Waals surface area contributed by atoms with Crippen LogP contribution in [0.15, 0.2) is 33.3 Å². The number of nitrogens with zero attached hydrogens (tertiary/aromatic N) is 4. The molecule has 0 bridgehead atoms. The second-order valence-electron chi connectivity index (χ2n) is 4.78. The van der Waals surface area contributed by atoms with Gasteiger partial charge in [-0.3, -0.25) is 9.80 Å². The lowest BCUT2D eigenvalue weighted by molar-refractivity contribution is -0.120. The molecule has 7 heteroatoms. The molecular weight excluding hydrogens is 284 g/mol. The largest absolute Gasteiger partial charge is 0.493 e. The summed E-state index contributed by atoms with van der Waals surface area (Å²) in [5, 5.41) is 5.85. The van der Waals surface area contributed by atoms with Gasteiger partial charge in [0.05, 0.1) is 26.1 Å². The van der Waals surface area contributed by atoms with E-state index in [2.05, 4.69) is 15.1 Å². The summed E-state index contributed by atoms with van der Waals surface area (Å²) in [6.45, 7) is 2.56. The molecule has 0 N–H and O–H groups in total. The standard InChI is InChI=1S/C15H16N4O3/c1-4-19-13-10(8-16-19)17-14(18-15(13)20)9-5-6-11(21-2)12(7-9)22-3/h5-8,13H,4H2,1-3H3. The van der Waals surface area contributed by atoms with Crippen LogP contribution in [-0.2, 0) is 4.79 Å². The van der Waals surface area contributed by atoms with Crippen LogP contribution in [0.3, 0.4) is 0 Å². The normalized spacial score (nSPS) is 19.7. The molecule has 114 valence electrons. The molecule has 1 unspecified atom stereocenters. The van der Waals surface area contributed by atoms with Crippen molar-refractivity contribution in [2.24, 2.45) is 15.1 Å². The first-order chi connectivity index (χ1) is 10.7. The molecule has 1 aromatic rings.